The molecule has 0 fully saturated rings. The van der Waals surface area contributed by atoms with E-state index in [9.17, 15) is 0 Å². The summed E-state index contributed by atoms with van der Waals surface area (Å²) >= 11 is 0. The van der Waals surface area contributed by atoms with Gasteiger partial charge in [-0.05, 0) is 67.8 Å². The van der Waals surface area contributed by atoms with Crippen molar-refractivity contribution in [3.63, 3.8) is 0 Å². The van der Waals surface area contributed by atoms with Gasteiger partial charge in [-0.2, -0.15) is 0 Å². The molecule has 0 bridgehead atoms. The predicted octanol–water partition coefficient (Wildman–Crippen LogP) is 11.4. The molecule has 0 atom stereocenters. The fourth-order valence-corrected chi connectivity index (χ4v) is 14.2. The summed E-state index contributed by atoms with van der Waals surface area (Å²) < 4.78 is 8.89. The standard InChI is InChI=1S/C54H37NOSi/c1-4-20-39(21-5-1)57(40-22-6-2-7-23-40,41-24-8-3-9-25-41)42-26-16-19-38(37-42)55-50-34-14-12-29-45(50)48-33-17-32-47(54(48)55)44-28-11-10-27-43(44)46-31-18-36-52-53(46)49-30-13-15-35-51(49)56-52/h1-37H. The van der Waals surface area contributed by atoms with Gasteiger partial charge in [0.25, 0.3) is 0 Å². The summed E-state index contributed by atoms with van der Waals surface area (Å²) in [6.07, 6.45) is 0. The Morgan fingerprint density at radius 1 is 0.333 bits per heavy atom. The Hall–Kier alpha value is -7.20. The van der Waals surface area contributed by atoms with Gasteiger partial charge in [-0.25, -0.2) is 0 Å². The minimum Gasteiger partial charge on any atom is -0.456 e. The van der Waals surface area contributed by atoms with Gasteiger partial charge in [0.05, 0.1) is 11.0 Å². The van der Waals surface area contributed by atoms with Crippen LogP contribution in [0.3, 0.4) is 0 Å². The Bertz CT molecular complexity index is 3140. The van der Waals surface area contributed by atoms with Gasteiger partial charge < -0.3 is 8.98 Å². The summed E-state index contributed by atoms with van der Waals surface area (Å²) in [5.74, 6) is 0. The highest BCUT2D eigenvalue weighted by molar-refractivity contribution is 7.19. The molecule has 0 saturated heterocycles. The van der Waals surface area contributed by atoms with Gasteiger partial charge in [0.1, 0.15) is 11.2 Å². The second-order valence-corrected chi connectivity index (χ2v) is 18.6. The number of fused-ring (bicyclic) bond motifs is 6. The molecule has 0 radical (unpaired) electrons. The van der Waals surface area contributed by atoms with E-state index in [0.29, 0.717) is 0 Å². The first-order valence-electron chi connectivity index (χ1n) is 19.6. The minimum atomic E-state index is -2.77. The van der Waals surface area contributed by atoms with Gasteiger partial charge in [0.15, 0.2) is 8.07 Å². The number of benzene rings is 9. The van der Waals surface area contributed by atoms with Crippen molar-refractivity contribution in [1.29, 1.82) is 0 Å². The monoisotopic (exact) mass is 743 g/mol. The molecule has 0 unspecified atom stereocenters. The molecule has 2 heterocycles. The van der Waals surface area contributed by atoms with Crippen molar-refractivity contribution in [2.45, 2.75) is 0 Å². The summed E-state index contributed by atoms with van der Waals surface area (Å²) in [6.45, 7) is 0. The fourth-order valence-electron chi connectivity index (χ4n) is 9.40. The predicted molar refractivity (Wildman–Crippen MR) is 243 cm³/mol. The van der Waals surface area contributed by atoms with Crippen molar-refractivity contribution in [3.8, 4) is 27.9 Å². The first-order valence-corrected chi connectivity index (χ1v) is 21.6. The highest BCUT2D eigenvalue weighted by Crippen LogP contribution is 2.44. The third-order valence-electron chi connectivity index (χ3n) is 11.8. The molecule has 0 saturated carbocycles. The first kappa shape index (κ1) is 33.2. The Morgan fingerprint density at radius 3 is 1.51 bits per heavy atom. The zero-order chi connectivity index (χ0) is 37.8. The van der Waals surface area contributed by atoms with Gasteiger partial charge in [0, 0.05) is 32.8 Å². The molecule has 57 heavy (non-hydrogen) atoms. The van der Waals surface area contributed by atoms with Gasteiger partial charge in [-0.3, -0.25) is 0 Å². The number of rotatable bonds is 7. The molecule has 11 aromatic rings. The molecule has 0 aliphatic rings. The van der Waals surface area contributed by atoms with E-state index in [4.69, 9.17) is 4.42 Å². The van der Waals surface area contributed by atoms with Crippen LogP contribution in [0.1, 0.15) is 0 Å². The molecular weight excluding hydrogens is 707 g/mol. The number of hydrogen-bond acceptors (Lipinski definition) is 1. The summed E-state index contributed by atoms with van der Waals surface area (Å²) in [5, 5.41) is 10.2. The van der Waals surface area contributed by atoms with E-state index in [1.165, 1.54) is 64.8 Å². The maximum absolute atomic E-state index is 6.38. The van der Waals surface area contributed by atoms with Crippen molar-refractivity contribution in [3.05, 3.63) is 224 Å². The van der Waals surface area contributed by atoms with Gasteiger partial charge in [-0.1, -0.05) is 194 Å². The Morgan fingerprint density at radius 2 is 0.807 bits per heavy atom. The molecule has 0 aliphatic carbocycles. The molecule has 0 N–H and O–H groups in total. The van der Waals surface area contributed by atoms with E-state index < -0.39 is 8.07 Å². The second kappa shape index (κ2) is 13.5. The van der Waals surface area contributed by atoms with Gasteiger partial charge in [-0.15, -0.1) is 0 Å². The highest BCUT2D eigenvalue weighted by atomic mass is 28.3. The quantitative estimate of drug-likeness (QED) is 0.117. The van der Waals surface area contributed by atoms with E-state index in [1.807, 2.05) is 6.07 Å². The topological polar surface area (TPSA) is 18.1 Å². The van der Waals surface area contributed by atoms with Crippen LogP contribution in [0.5, 0.6) is 0 Å². The third-order valence-corrected chi connectivity index (χ3v) is 16.5. The summed E-state index contributed by atoms with van der Waals surface area (Å²) in [5.41, 5.74) is 10.0. The van der Waals surface area contributed by atoms with E-state index >= 15 is 0 Å². The lowest BCUT2D eigenvalue weighted by Crippen LogP contribution is -2.74. The number of hydrogen-bond donors (Lipinski definition) is 0. The smallest absolute Gasteiger partial charge is 0.179 e. The van der Waals surface area contributed by atoms with Crippen LogP contribution in [-0.4, -0.2) is 12.6 Å². The van der Waals surface area contributed by atoms with Crippen molar-refractivity contribution in [1.82, 2.24) is 4.57 Å². The Balaban J connectivity index is 1.20. The molecular formula is C54H37NOSi. The molecule has 0 aliphatic heterocycles. The minimum absolute atomic E-state index is 0.899. The van der Waals surface area contributed by atoms with E-state index in [-0.39, 0.29) is 0 Å². The average molecular weight is 744 g/mol. The third kappa shape index (κ3) is 5.17. The van der Waals surface area contributed by atoms with Crippen LogP contribution in [0.2, 0.25) is 0 Å². The van der Waals surface area contributed by atoms with Crippen LogP contribution < -0.4 is 20.7 Å². The van der Waals surface area contributed by atoms with Crippen LogP contribution >= 0.6 is 0 Å². The van der Waals surface area contributed by atoms with Crippen molar-refractivity contribution in [2.24, 2.45) is 0 Å². The van der Waals surface area contributed by atoms with Crippen LogP contribution in [0.25, 0.3) is 71.7 Å². The molecule has 2 aromatic heterocycles. The van der Waals surface area contributed by atoms with Crippen LogP contribution in [0, 0.1) is 0 Å². The molecule has 0 amide bonds. The van der Waals surface area contributed by atoms with Gasteiger partial charge in [0.2, 0.25) is 0 Å². The second-order valence-electron chi connectivity index (χ2n) is 14.8. The van der Waals surface area contributed by atoms with Crippen molar-refractivity contribution in [2.75, 3.05) is 0 Å². The first-order chi connectivity index (χ1) is 28.3. The molecule has 11 rings (SSSR count). The molecule has 2 nitrogen and oxygen atoms in total. The number of furan rings is 1. The zero-order valence-corrected chi connectivity index (χ0v) is 32.2. The molecule has 3 heteroatoms. The summed E-state index contributed by atoms with van der Waals surface area (Å²) in [4.78, 5) is 0. The number of para-hydroxylation sites is 3. The number of aromatic nitrogens is 1. The lowest BCUT2D eigenvalue weighted by molar-refractivity contribution is 0.669. The van der Waals surface area contributed by atoms with Gasteiger partial charge >= 0.3 is 0 Å². The molecule has 268 valence electrons. The van der Waals surface area contributed by atoms with Crippen molar-refractivity contribution < 1.29 is 4.42 Å². The lowest BCUT2D eigenvalue weighted by atomic mass is 9.91. The average Bonchev–Trinajstić information content (AvgIpc) is 3.84. The Kier molecular flexibility index (Phi) is 7.87. The normalized spacial score (nSPS) is 11.9. The maximum Gasteiger partial charge on any atom is 0.179 e. The Labute approximate surface area is 332 Å². The fraction of sp³-hybridized carbons (Fsp3) is 0. The van der Waals surface area contributed by atoms with E-state index in [1.54, 1.807) is 0 Å². The highest BCUT2D eigenvalue weighted by Gasteiger charge is 2.41. The van der Waals surface area contributed by atoms with E-state index in [0.717, 1.165) is 27.6 Å². The summed E-state index contributed by atoms with van der Waals surface area (Å²) in [6, 6.07) is 82.2. The summed E-state index contributed by atoms with van der Waals surface area (Å²) in [7, 11) is -2.77. The van der Waals surface area contributed by atoms with Crippen LogP contribution in [-0.2, 0) is 0 Å². The van der Waals surface area contributed by atoms with E-state index in [2.05, 4.69) is 223 Å². The lowest BCUT2D eigenvalue weighted by Gasteiger charge is -2.34. The SMILES string of the molecule is c1ccc([Si](c2ccccc2)(c2ccccc2)c2cccc(-n3c4ccccc4c4cccc(-c5ccccc5-c5cccc6oc7ccccc7c56)c43)c2)cc1. The number of nitrogens with zero attached hydrogens (tertiary/aromatic N) is 1. The zero-order valence-electron chi connectivity index (χ0n) is 31.2. The largest absolute Gasteiger partial charge is 0.456 e. The maximum atomic E-state index is 6.38. The van der Waals surface area contributed by atoms with Crippen LogP contribution in [0.15, 0.2) is 229 Å². The van der Waals surface area contributed by atoms with Crippen molar-refractivity contribution >= 4 is 72.6 Å². The van der Waals surface area contributed by atoms with Crippen LogP contribution in [0.4, 0.5) is 0 Å². The molecule has 9 aromatic carbocycles. The molecule has 0 spiro atoms.